The topological polar surface area (TPSA) is 93.9 Å². The number of ether oxygens (including phenoxy) is 2. The van der Waals surface area contributed by atoms with E-state index >= 15 is 0 Å². The third-order valence-electron chi connectivity index (χ3n) is 4.39. The van der Waals surface area contributed by atoms with Crippen molar-refractivity contribution in [2.75, 3.05) is 20.8 Å². The number of rotatable bonds is 4. The van der Waals surface area contributed by atoms with Crippen LogP contribution >= 0.6 is 0 Å². The van der Waals surface area contributed by atoms with Gasteiger partial charge in [0.15, 0.2) is 11.8 Å². The first-order valence-electron chi connectivity index (χ1n) is 8.29. The molecular formula is C18H21N3O5. The molecule has 1 atom stereocenters. The molecule has 0 fully saturated rings. The summed E-state index contributed by atoms with van der Waals surface area (Å²) in [6.07, 6.45) is -0.577. The van der Waals surface area contributed by atoms with Crippen LogP contribution in [-0.4, -0.2) is 52.4 Å². The van der Waals surface area contributed by atoms with Gasteiger partial charge in [-0.2, -0.15) is 5.10 Å². The van der Waals surface area contributed by atoms with Crippen LogP contribution in [0.4, 0.5) is 0 Å². The van der Waals surface area contributed by atoms with Gasteiger partial charge in [-0.3, -0.25) is 9.48 Å². The number of hydrogen-bond acceptors (Lipinski definition) is 6. The molecule has 0 saturated carbocycles. The molecule has 0 bridgehead atoms. The molecule has 1 aliphatic rings. The summed E-state index contributed by atoms with van der Waals surface area (Å²) in [4.78, 5) is 26.0. The minimum Gasteiger partial charge on any atom is -0.497 e. The lowest BCUT2D eigenvalue weighted by atomic mass is 10.1. The summed E-state index contributed by atoms with van der Waals surface area (Å²) in [5.74, 6) is -0.242. The first-order chi connectivity index (χ1) is 12.5. The number of aromatic nitrogens is 2. The van der Waals surface area contributed by atoms with Gasteiger partial charge in [0.25, 0.3) is 5.91 Å². The van der Waals surface area contributed by atoms with E-state index < -0.39 is 12.1 Å². The number of aliphatic hydroxyl groups is 1. The predicted octanol–water partition coefficient (Wildman–Crippen LogP) is 1.14. The van der Waals surface area contributed by atoms with E-state index in [2.05, 4.69) is 9.84 Å². The third-order valence-corrected chi connectivity index (χ3v) is 4.39. The van der Waals surface area contributed by atoms with Crippen molar-refractivity contribution in [3.63, 3.8) is 0 Å². The highest BCUT2D eigenvalue weighted by molar-refractivity contribution is 5.87. The number of amides is 1. The fraction of sp³-hybridized carbons (Fsp3) is 0.389. The highest BCUT2D eigenvalue weighted by Crippen LogP contribution is 2.22. The second-order valence-corrected chi connectivity index (χ2v) is 6.02. The minimum atomic E-state index is -1.25. The van der Waals surface area contributed by atoms with E-state index in [4.69, 9.17) is 4.74 Å². The maximum atomic E-state index is 12.7. The number of aryl methyl sites for hydroxylation is 1. The molecule has 3 rings (SSSR count). The Bertz CT molecular complexity index is 800. The lowest BCUT2D eigenvalue weighted by Crippen LogP contribution is -2.34. The number of nitrogens with zero attached hydrogens (tertiary/aromatic N) is 3. The Kier molecular flexibility index (Phi) is 5.22. The number of aliphatic hydroxyl groups excluding tert-OH is 1. The van der Waals surface area contributed by atoms with Gasteiger partial charge >= 0.3 is 5.97 Å². The maximum absolute atomic E-state index is 12.7. The normalized spacial score (nSPS) is 15.0. The lowest BCUT2D eigenvalue weighted by Gasteiger charge is -2.23. The third kappa shape index (κ3) is 3.55. The molecule has 1 aliphatic heterocycles. The van der Waals surface area contributed by atoms with Crippen LogP contribution in [-0.2, 0) is 22.6 Å². The lowest BCUT2D eigenvalue weighted by molar-refractivity contribution is -0.141. The molecule has 0 saturated heterocycles. The first kappa shape index (κ1) is 17.9. The van der Waals surface area contributed by atoms with Crippen LogP contribution in [0.5, 0.6) is 5.75 Å². The van der Waals surface area contributed by atoms with Crippen molar-refractivity contribution in [1.82, 2.24) is 14.7 Å². The molecule has 8 heteroatoms. The van der Waals surface area contributed by atoms with E-state index in [0.717, 1.165) is 5.69 Å². The second kappa shape index (κ2) is 7.57. The smallest absolute Gasteiger partial charge is 0.358 e. The summed E-state index contributed by atoms with van der Waals surface area (Å²) in [5, 5.41) is 14.7. The Morgan fingerprint density at radius 2 is 1.92 bits per heavy atom. The SMILES string of the molecule is COC(=O)c1cc2n(n1)CCCN(C(=O)[C@@H](O)c1ccc(OC)cc1)C2. The molecule has 0 spiro atoms. The van der Waals surface area contributed by atoms with Crippen molar-refractivity contribution < 1.29 is 24.2 Å². The molecule has 0 unspecified atom stereocenters. The summed E-state index contributed by atoms with van der Waals surface area (Å²) in [6.45, 7) is 1.37. The zero-order chi connectivity index (χ0) is 18.7. The molecule has 26 heavy (non-hydrogen) atoms. The van der Waals surface area contributed by atoms with Crippen molar-refractivity contribution >= 4 is 11.9 Å². The van der Waals surface area contributed by atoms with E-state index in [0.29, 0.717) is 30.8 Å². The molecule has 1 amide bonds. The fourth-order valence-electron chi connectivity index (χ4n) is 2.96. The number of methoxy groups -OCH3 is 2. The van der Waals surface area contributed by atoms with Crippen molar-refractivity contribution in [3.8, 4) is 5.75 Å². The van der Waals surface area contributed by atoms with E-state index in [1.165, 1.54) is 7.11 Å². The molecule has 0 radical (unpaired) electrons. The van der Waals surface area contributed by atoms with E-state index in [1.807, 2.05) is 0 Å². The molecule has 0 aliphatic carbocycles. The molecule has 1 aromatic heterocycles. The summed E-state index contributed by atoms with van der Waals surface area (Å²) < 4.78 is 11.5. The standard InChI is InChI=1S/C18H21N3O5/c1-25-14-6-4-12(5-7-14)16(22)17(23)20-8-3-9-21-13(11-20)10-15(19-21)18(24)26-2/h4-7,10,16,22H,3,8-9,11H2,1-2H3/t16-/m0/s1. The summed E-state index contributed by atoms with van der Waals surface area (Å²) in [5.41, 5.74) is 1.45. The highest BCUT2D eigenvalue weighted by atomic mass is 16.5. The van der Waals surface area contributed by atoms with Crippen LogP contribution in [0.3, 0.4) is 0 Å². The number of carbonyl (C=O) groups is 2. The molecule has 138 valence electrons. The molecule has 2 heterocycles. The van der Waals surface area contributed by atoms with Crippen LogP contribution in [0.15, 0.2) is 30.3 Å². The molecule has 2 aromatic rings. The molecule has 1 aromatic carbocycles. The van der Waals surface area contributed by atoms with Gasteiger partial charge in [0.05, 0.1) is 26.5 Å². The number of fused-ring (bicyclic) bond motifs is 1. The summed E-state index contributed by atoms with van der Waals surface area (Å²) >= 11 is 0. The Balaban J connectivity index is 1.76. The van der Waals surface area contributed by atoms with Gasteiger partial charge in [0.2, 0.25) is 0 Å². The predicted molar refractivity (Wildman–Crippen MR) is 91.6 cm³/mol. The number of benzene rings is 1. The second-order valence-electron chi connectivity index (χ2n) is 6.02. The largest absolute Gasteiger partial charge is 0.497 e. The van der Waals surface area contributed by atoms with Gasteiger partial charge in [0, 0.05) is 13.1 Å². The molecule has 8 nitrogen and oxygen atoms in total. The molecular weight excluding hydrogens is 338 g/mol. The van der Waals surface area contributed by atoms with E-state index in [9.17, 15) is 14.7 Å². The number of carbonyl (C=O) groups excluding carboxylic acids is 2. The van der Waals surface area contributed by atoms with Crippen molar-refractivity contribution in [2.24, 2.45) is 0 Å². The van der Waals surface area contributed by atoms with Gasteiger partial charge in [-0.25, -0.2) is 4.79 Å². The van der Waals surface area contributed by atoms with Gasteiger partial charge in [0.1, 0.15) is 5.75 Å². The van der Waals surface area contributed by atoms with Crippen LogP contribution in [0.1, 0.15) is 34.3 Å². The van der Waals surface area contributed by atoms with Crippen molar-refractivity contribution in [1.29, 1.82) is 0 Å². The van der Waals surface area contributed by atoms with Gasteiger partial charge in [-0.05, 0) is 30.2 Å². The maximum Gasteiger partial charge on any atom is 0.358 e. The van der Waals surface area contributed by atoms with E-state index in [1.54, 1.807) is 47.0 Å². The Morgan fingerprint density at radius 1 is 1.19 bits per heavy atom. The fourth-order valence-corrected chi connectivity index (χ4v) is 2.96. The zero-order valence-corrected chi connectivity index (χ0v) is 14.7. The van der Waals surface area contributed by atoms with Crippen LogP contribution in [0.2, 0.25) is 0 Å². The van der Waals surface area contributed by atoms with E-state index in [-0.39, 0.29) is 18.1 Å². The van der Waals surface area contributed by atoms with Gasteiger partial charge < -0.3 is 19.5 Å². The van der Waals surface area contributed by atoms with Gasteiger partial charge in [-0.15, -0.1) is 0 Å². The highest BCUT2D eigenvalue weighted by Gasteiger charge is 2.27. The van der Waals surface area contributed by atoms with Crippen molar-refractivity contribution in [2.45, 2.75) is 25.6 Å². The number of hydrogen-bond donors (Lipinski definition) is 1. The zero-order valence-electron chi connectivity index (χ0n) is 14.7. The van der Waals surface area contributed by atoms with Crippen LogP contribution in [0.25, 0.3) is 0 Å². The quantitative estimate of drug-likeness (QED) is 0.823. The van der Waals surface area contributed by atoms with Crippen molar-refractivity contribution in [3.05, 3.63) is 47.3 Å². The van der Waals surface area contributed by atoms with Gasteiger partial charge in [-0.1, -0.05) is 12.1 Å². The Hall–Kier alpha value is -2.87. The molecule has 1 N–H and O–H groups in total. The summed E-state index contributed by atoms with van der Waals surface area (Å²) in [6, 6.07) is 8.35. The Labute approximate surface area is 150 Å². The average molecular weight is 359 g/mol. The average Bonchev–Trinajstić information content (AvgIpc) is 2.97. The first-order valence-corrected chi connectivity index (χ1v) is 8.29. The van der Waals surface area contributed by atoms with Crippen LogP contribution in [0, 0.1) is 0 Å². The minimum absolute atomic E-state index is 0.215. The summed E-state index contributed by atoms with van der Waals surface area (Å²) in [7, 11) is 2.85. The monoisotopic (exact) mass is 359 g/mol. The Morgan fingerprint density at radius 3 is 2.58 bits per heavy atom. The van der Waals surface area contributed by atoms with Crippen LogP contribution < -0.4 is 4.74 Å². The number of esters is 1.